The number of aromatic nitrogens is 4. The van der Waals surface area contributed by atoms with E-state index >= 15 is 0 Å². The Morgan fingerprint density at radius 2 is 2.13 bits per heavy atom. The number of benzene rings is 1. The van der Waals surface area contributed by atoms with Crippen molar-refractivity contribution in [2.45, 2.75) is 12.7 Å². The highest BCUT2D eigenvalue weighted by atomic mass is 35.5. The molecule has 3 rings (SSSR count). The number of fused-ring (bicyclic) bond motifs is 1. The molecule has 0 saturated heterocycles. The minimum atomic E-state index is -4.38. The lowest BCUT2D eigenvalue weighted by Crippen LogP contribution is -2.18. The van der Waals surface area contributed by atoms with E-state index in [0.717, 1.165) is 4.57 Å². The van der Waals surface area contributed by atoms with Gasteiger partial charge in [-0.3, -0.25) is 0 Å². The van der Waals surface area contributed by atoms with E-state index in [2.05, 4.69) is 15.0 Å². The molecular weight excluding hydrogens is 336 g/mol. The predicted octanol–water partition coefficient (Wildman–Crippen LogP) is 4.20. The van der Waals surface area contributed by atoms with Crippen molar-refractivity contribution in [1.29, 1.82) is 0 Å². The maximum Gasteiger partial charge on any atom is 0.406 e. The zero-order valence-electron chi connectivity index (χ0n) is 11.4. The summed E-state index contributed by atoms with van der Waals surface area (Å²) in [5, 5.41) is 0.0234. The summed E-state index contributed by atoms with van der Waals surface area (Å²) in [4.78, 5) is 10.6. The maximum absolute atomic E-state index is 13.6. The standard InChI is InChI=1S/C14H9ClF4N4/c15-8(6-11-20-4-5-23(11)7-14(17,18)19)13-21-10-3-1-2-9(16)12(10)22-13/h1-6H,7H2,(H,21,22). The number of nitrogens with zero attached hydrogens (tertiary/aromatic N) is 3. The van der Waals surface area contributed by atoms with E-state index in [4.69, 9.17) is 11.6 Å². The van der Waals surface area contributed by atoms with Crippen molar-refractivity contribution in [2.75, 3.05) is 0 Å². The number of halogens is 5. The van der Waals surface area contributed by atoms with Crippen LogP contribution in [-0.2, 0) is 6.54 Å². The zero-order valence-corrected chi connectivity index (χ0v) is 12.2. The summed E-state index contributed by atoms with van der Waals surface area (Å²) in [6.45, 7) is -1.18. The highest BCUT2D eigenvalue weighted by Crippen LogP contribution is 2.24. The van der Waals surface area contributed by atoms with Crippen molar-refractivity contribution in [1.82, 2.24) is 19.5 Å². The molecule has 0 atom stereocenters. The first-order valence-electron chi connectivity index (χ1n) is 6.43. The van der Waals surface area contributed by atoms with Gasteiger partial charge in [0.1, 0.15) is 23.7 Å². The van der Waals surface area contributed by atoms with E-state index < -0.39 is 18.5 Å². The highest BCUT2D eigenvalue weighted by Gasteiger charge is 2.28. The second-order valence-corrected chi connectivity index (χ2v) is 5.15. The van der Waals surface area contributed by atoms with Crippen LogP contribution in [0, 0.1) is 5.82 Å². The molecule has 0 spiro atoms. The smallest absolute Gasteiger partial charge is 0.337 e. The number of alkyl halides is 3. The van der Waals surface area contributed by atoms with Gasteiger partial charge in [-0.25, -0.2) is 14.4 Å². The molecule has 0 aliphatic heterocycles. The molecule has 120 valence electrons. The first-order valence-corrected chi connectivity index (χ1v) is 6.81. The maximum atomic E-state index is 13.6. The molecule has 1 N–H and O–H groups in total. The molecule has 0 bridgehead atoms. The van der Waals surface area contributed by atoms with Gasteiger partial charge in [-0.1, -0.05) is 17.7 Å². The summed E-state index contributed by atoms with van der Waals surface area (Å²) >= 11 is 6.08. The van der Waals surface area contributed by atoms with Crippen molar-refractivity contribution in [3.8, 4) is 0 Å². The van der Waals surface area contributed by atoms with Crippen LogP contribution >= 0.6 is 11.6 Å². The largest absolute Gasteiger partial charge is 0.406 e. The Hall–Kier alpha value is -2.35. The molecule has 2 aromatic heterocycles. The van der Waals surface area contributed by atoms with Crippen LogP contribution in [0.4, 0.5) is 17.6 Å². The predicted molar refractivity (Wildman–Crippen MR) is 78.1 cm³/mol. The quantitative estimate of drug-likeness (QED) is 0.724. The van der Waals surface area contributed by atoms with Gasteiger partial charge in [0.25, 0.3) is 0 Å². The van der Waals surface area contributed by atoms with Crippen LogP contribution in [0.3, 0.4) is 0 Å². The number of imidazole rings is 2. The molecular formula is C14H9ClF4N4. The van der Waals surface area contributed by atoms with Gasteiger partial charge in [-0.2, -0.15) is 13.2 Å². The van der Waals surface area contributed by atoms with Crippen LogP contribution < -0.4 is 0 Å². The van der Waals surface area contributed by atoms with Gasteiger partial charge in [-0.15, -0.1) is 0 Å². The number of aromatic amines is 1. The van der Waals surface area contributed by atoms with Crippen molar-refractivity contribution >= 4 is 33.7 Å². The average molecular weight is 345 g/mol. The number of para-hydroxylation sites is 1. The van der Waals surface area contributed by atoms with Crippen molar-refractivity contribution in [3.05, 3.63) is 48.1 Å². The minimum Gasteiger partial charge on any atom is -0.337 e. The Morgan fingerprint density at radius 1 is 1.35 bits per heavy atom. The van der Waals surface area contributed by atoms with Crippen LogP contribution in [0.2, 0.25) is 0 Å². The molecule has 0 amide bonds. The Morgan fingerprint density at radius 3 is 2.83 bits per heavy atom. The molecule has 1 aromatic carbocycles. The molecule has 0 fully saturated rings. The second kappa shape index (κ2) is 5.69. The Labute approximate surface area is 132 Å². The number of nitrogens with one attached hydrogen (secondary N) is 1. The van der Waals surface area contributed by atoms with Gasteiger partial charge in [-0.05, 0) is 12.1 Å². The first-order chi connectivity index (χ1) is 10.8. The van der Waals surface area contributed by atoms with Gasteiger partial charge < -0.3 is 9.55 Å². The van der Waals surface area contributed by atoms with Crippen LogP contribution in [0.1, 0.15) is 11.6 Å². The van der Waals surface area contributed by atoms with Crippen LogP contribution in [0.25, 0.3) is 22.1 Å². The van der Waals surface area contributed by atoms with E-state index in [-0.39, 0.29) is 22.2 Å². The molecule has 0 saturated carbocycles. The molecule has 4 nitrogen and oxygen atoms in total. The summed E-state index contributed by atoms with van der Waals surface area (Å²) < 4.78 is 52.0. The number of hydrogen-bond donors (Lipinski definition) is 1. The third kappa shape index (κ3) is 3.37. The summed E-state index contributed by atoms with van der Waals surface area (Å²) in [6, 6.07) is 4.37. The average Bonchev–Trinajstić information content (AvgIpc) is 3.05. The molecule has 9 heteroatoms. The van der Waals surface area contributed by atoms with E-state index in [9.17, 15) is 17.6 Å². The van der Waals surface area contributed by atoms with Crippen molar-refractivity contribution in [2.24, 2.45) is 0 Å². The van der Waals surface area contributed by atoms with Crippen LogP contribution in [0.15, 0.2) is 30.6 Å². The fourth-order valence-electron chi connectivity index (χ4n) is 2.08. The summed E-state index contributed by atoms with van der Waals surface area (Å²) in [5.74, 6) is -0.352. The SMILES string of the molecule is Fc1cccc2[nH]c(C(Cl)=Cc3nccn3CC(F)(F)F)nc12. The monoisotopic (exact) mass is 344 g/mol. The third-order valence-electron chi connectivity index (χ3n) is 3.04. The number of H-pyrrole nitrogens is 1. The lowest BCUT2D eigenvalue weighted by Gasteiger charge is -2.08. The lowest BCUT2D eigenvalue weighted by molar-refractivity contribution is -0.140. The Kier molecular flexibility index (Phi) is 3.85. The molecule has 0 aliphatic rings. The molecule has 0 radical (unpaired) electrons. The van der Waals surface area contributed by atoms with Gasteiger partial charge in [0, 0.05) is 18.5 Å². The lowest BCUT2D eigenvalue weighted by atomic mass is 10.3. The van der Waals surface area contributed by atoms with Gasteiger partial charge in [0.2, 0.25) is 0 Å². The molecule has 3 aromatic rings. The highest BCUT2D eigenvalue weighted by molar-refractivity contribution is 6.50. The second-order valence-electron chi connectivity index (χ2n) is 4.74. The number of rotatable bonds is 3. The molecule has 23 heavy (non-hydrogen) atoms. The third-order valence-corrected chi connectivity index (χ3v) is 3.33. The molecule has 2 heterocycles. The van der Waals surface area contributed by atoms with E-state index in [0.29, 0.717) is 5.52 Å². The first kappa shape index (κ1) is 15.5. The fourth-order valence-corrected chi connectivity index (χ4v) is 2.27. The Balaban J connectivity index is 1.96. The van der Waals surface area contributed by atoms with Crippen LogP contribution in [0.5, 0.6) is 0 Å². The summed E-state index contributed by atoms with van der Waals surface area (Å²) in [7, 11) is 0. The summed E-state index contributed by atoms with van der Waals surface area (Å²) in [5.41, 5.74) is 0.540. The van der Waals surface area contributed by atoms with E-state index in [1.54, 1.807) is 6.07 Å². The molecule has 0 aliphatic carbocycles. The van der Waals surface area contributed by atoms with Crippen molar-refractivity contribution < 1.29 is 17.6 Å². The summed E-state index contributed by atoms with van der Waals surface area (Å²) in [6.07, 6.45) is -0.705. The van der Waals surface area contributed by atoms with Crippen LogP contribution in [-0.4, -0.2) is 25.7 Å². The Bertz CT molecular complexity index is 878. The number of hydrogen-bond acceptors (Lipinski definition) is 2. The van der Waals surface area contributed by atoms with Crippen molar-refractivity contribution in [3.63, 3.8) is 0 Å². The minimum absolute atomic E-state index is 0.0215. The normalized spacial score (nSPS) is 13.0. The van der Waals surface area contributed by atoms with Gasteiger partial charge in [0.15, 0.2) is 5.82 Å². The zero-order chi connectivity index (χ0) is 16.6. The van der Waals surface area contributed by atoms with Gasteiger partial charge in [0.05, 0.1) is 10.5 Å². The fraction of sp³-hybridized carbons (Fsp3) is 0.143. The van der Waals surface area contributed by atoms with Gasteiger partial charge >= 0.3 is 6.18 Å². The molecule has 0 unspecified atom stereocenters. The van der Waals surface area contributed by atoms with E-state index in [1.807, 2.05) is 0 Å². The topological polar surface area (TPSA) is 46.5 Å². The van der Waals surface area contributed by atoms with E-state index in [1.165, 1.54) is 30.6 Å².